The number of hydrogen-bond donors (Lipinski definition) is 6. The molecule has 1 aromatic carbocycles. The summed E-state index contributed by atoms with van der Waals surface area (Å²) in [6.45, 7) is 9.05. The summed E-state index contributed by atoms with van der Waals surface area (Å²) in [5, 5.41) is 39.7. The summed E-state index contributed by atoms with van der Waals surface area (Å²) in [7, 11) is 0. The lowest BCUT2D eigenvalue weighted by Gasteiger charge is -2.36. The number of carbonyl (C=O) groups is 6. The van der Waals surface area contributed by atoms with Crippen molar-refractivity contribution >= 4 is 47.3 Å². The minimum absolute atomic E-state index is 0.0252. The number of rotatable bonds is 9. The van der Waals surface area contributed by atoms with Crippen molar-refractivity contribution in [1.82, 2.24) is 25.4 Å². The number of aromatic hydroxyl groups is 1. The summed E-state index contributed by atoms with van der Waals surface area (Å²) < 4.78 is 7.84. The summed E-state index contributed by atoms with van der Waals surface area (Å²) in [5.74, 6) is -4.57. The molecule has 16 heteroatoms. The van der Waals surface area contributed by atoms with Crippen molar-refractivity contribution in [2.45, 2.75) is 129 Å². The van der Waals surface area contributed by atoms with Crippen molar-refractivity contribution in [2.24, 2.45) is 17.8 Å². The maximum absolute atomic E-state index is 14.4. The van der Waals surface area contributed by atoms with E-state index in [1.165, 1.54) is 48.2 Å². The summed E-state index contributed by atoms with van der Waals surface area (Å²) in [6.07, 6.45) is 11.9. The number of fused-ring (bicyclic) bond motifs is 2. The minimum atomic E-state index is -1.42. The molecule has 0 aromatic heterocycles. The first kappa shape index (κ1) is 49.9. The molecule has 1 unspecified atom stereocenters. The van der Waals surface area contributed by atoms with Gasteiger partial charge in [-0.25, -0.2) is 5.43 Å². The van der Waals surface area contributed by atoms with Gasteiger partial charge in [-0.05, 0) is 87.1 Å². The van der Waals surface area contributed by atoms with Gasteiger partial charge in [0.05, 0.1) is 18.1 Å². The van der Waals surface area contributed by atoms with E-state index in [0.29, 0.717) is 30.5 Å². The van der Waals surface area contributed by atoms with E-state index in [4.69, 9.17) is 4.74 Å². The first-order chi connectivity index (χ1) is 29.5. The highest BCUT2D eigenvalue weighted by molar-refractivity contribution is 7.97. The zero-order valence-corrected chi connectivity index (χ0v) is 37.4. The normalized spacial score (nSPS) is 29.1. The minimum Gasteiger partial charge on any atom is -0.508 e. The molecule has 6 N–H and O–H groups in total. The first-order valence-corrected chi connectivity index (χ1v) is 22.6. The Hall–Kier alpha value is -4.77. The van der Waals surface area contributed by atoms with Crippen LogP contribution in [-0.4, -0.2) is 115 Å². The number of allylic oxidation sites excluding steroid dienone is 4. The van der Waals surface area contributed by atoms with Crippen LogP contribution in [0.1, 0.15) is 91.5 Å². The Morgan fingerprint density at radius 3 is 2.50 bits per heavy atom. The van der Waals surface area contributed by atoms with Gasteiger partial charge in [-0.3, -0.25) is 33.3 Å². The van der Waals surface area contributed by atoms with Crippen LogP contribution in [0.4, 0.5) is 0 Å². The molecule has 340 valence electrons. The Morgan fingerprint density at radius 1 is 1.00 bits per heavy atom. The number of hydrogen-bond acceptors (Lipinski definition) is 12. The molecule has 3 aliphatic heterocycles. The van der Waals surface area contributed by atoms with Crippen molar-refractivity contribution < 1.29 is 48.8 Å². The van der Waals surface area contributed by atoms with E-state index < -0.39 is 77.9 Å². The molecule has 4 amide bonds. The predicted molar refractivity (Wildman–Crippen MR) is 237 cm³/mol. The van der Waals surface area contributed by atoms with Gasteiger partial charge >= 0.3 is 5.97 Å². The van der Waals surface area contributed by atoms with E-state index in [2.05, 4.69) is 16.1 Å². The topological polar surface area (TPSA) is 215 Å². The van der Waals surface area contributed by atoms with Gasteiger partial charge in [-0.2, -0.15) is 0 Å². The zero-order chi connectivity index (χ0) is 45.3. The van der Waals surface area contributed by atoms with E-state index >= 15 is 0 Å². The van der Waals surface area contributed by atoms with Crippen LogP contribution in [-0.2, 0) is 39.9 Å². The number of phenolic OH excluding ortho intramolecular Hbond substituents is 1. The molecule has 15 nitrogen and oxygen atoms in total. The standard InChI is InChI=1S/C46H65N5O10S/c1-29(2)41-44(58)47-37(28-33-16-13-17-34(53)27-33)45(59)50-24-14-18-36(49-50)46(60)61-39(30(3)15-12-21-40(55)51-25-10-7-11-26-62-51)20-9-6-8-19-38(54)32(5)42(56)35(43(57)48-41)23-22-31(4)52/h6,8-9,12-13,15-17,19,21,27,29,32,35-39,41-42,49,53-54,56H,7,10-11,14,18,20,22-26,28H2,1-5H3,(H,47,58)(H,48,57)/b9-6+,19-8+,21-12+,30-15+/t32-,35+,36?,37-,38-,39-,41-,42+/m0/s1. The number of aliphatic hydroxyl groups is 2. The summed E-state index contributed by atoms with van der Waals surface area (Å²) in [6, 6.07) is 2.95. The van der Waals surface area contributed by atoms with Gasteiger partial charge in [0.1, 0.15) is 35.8 Å². The number of Topliss-reactive ketones (excluding diaryl/α,β-unsaturated/α-hetero) is 1. The average Bonchev–Trinajstić information content (AvgIpc) is 3.53. The van der Waals surface area contributed by atoms with Crippen molar-refractivity contribution in [1.29, 1.82) is 0 Å². The number of esters is 1. The summed E-state index contributed by atoms with van der Waals surface area (Å²) in [4.78, 5) is 81.3. The largest absolute Gasteiger partial charge is 0.508 e. The number of cyclic esters (lactones) is 1. The van der Waals surface area contributed by atoms with Crippen LogP contribution in [0.3, 0.4) is 0 Å². The lowest BCUT2D eigenvalue weighted by Crippen LogP contribution is -2.62. The lowest BCUT2D eigenvalue weighted by molar-refractivity contribution is -0.156. The van der Waals surface area contributed by atoms with Gasteiger partial charge in [-0.15, -0.1) is 0 Å². The number of nitrogens with one attached hydrogen (secondary N) is 3. The molecule has 0 spiro atoms. The van der Waals surface area contributed by atoms with Crippen LogP contribution in [0.5, 0.6) is 5.75 Å². The Morgan fingerprint density at radius 2 is 1.77 bits per heavy atom. The number of aliphatic hydroxyl groups excluding tert-OH is 2. The molecule has 8 atom stereocenters. The SMILES string of the molecule is CC(=O)CC[C@H]1C(=O)N[C@@H](C(C)C)C(=O)N[C@@H](Cc2cccc(O)c2)C(=O)N2CCCC(N2)C(=O)O[C@H](/C(C)=C/C=C/C(=O)N2CCCCCS2)C/C=C/C=C/[C@H](O)[C@H](C)[C@H]1O. The average molecular weight is 880 g/mol. The molecule has 4 rings (SSSR count). The monoisotopic (exact) mass is 879 g/mol. The number of nitrogens with zero attached hydrogens (tertiary/aromatic N) is 2. The van der Waals surface area contributed by atoms with Gasteiger partial charge in [-0.1, -0.05) is 75.8 Å². The molecule has 3 aliphatic rings. The fourth-order valence-corrected chi connectivity index (χ4v) is 8.47. The fourth-order valence-electron chi connectivity index (χ4n) is 7.47. The van der Waals surface area contributed by atoms with Gasteiger partial charge < -0.3 is 35.5 Å². The van der Waals surface area contributed by atoms with E-state index in [1.807, 2.05) is 0 Å². The molecular formula is C46H65N5O10S. The highest BCUT2D eigenvalue weighted by Gasteiger charge is 2.38. The second kappa shape index (κ2) is 24.8. The number of hydrazine groups is 1. The van der Waals surface area contributed by atoms with E-state index in [9.17, 15) is 44.1 Å². The fraction of sp³-hybridized carbons (Fsp3) is 0.565. The molecule has 0 aliphatic carbocycles. The second-order valence-corrected chi connectivity index (χ2v) is 17.9. The van der Waals surface area contributed by atoms with Crippen molar-refractivity contribution in [3.05, 3.63) is 77.9 Å². The Bertz CT molecular complexity index is 1840. The third-order valence-electron chi connectivity index (χ3n) is 11.4. The van der Waals surface area contributed by atoms with Gasteiger partial charge in [0.2, 0.25) is 11.8 Å². The molecule has 2 bridgehead atoms. The van der Waals surface area contributed by atoms with Crippen molar-refractivity contribution in [3.8, 4) is 5.75 Å². The van der Waals surface area contributed by atoms with E-state index in [0.717, 1.165) is 25.0 Å². The smallest absolute Gasteiger partial charge is 0.325 e. The molecule has 1 aromatic rings. The van der Waals surface area contributed by atoms with E-state index in [1.54, 1.807) is 74.5 Å². The third kappa shape index (κ3) is 15.2. The predicted octanol–water partition coefficient (Wildman–Crippen LogP) is 3.99. The van der Waals surface area contributed by atoms with Gasteiger partial charge in [0.25, 0.3) is 11.8 Å². The molecule has 2 fully saturated rings. The molecule has 2 saturated heterocycles. The molecule has 0 radical (unpaired) electrons. The maximum atomic E-state index is 14.4. The first-order valence-electron chi connectivity index (χ1n) is 21.7. The second-order valence-electron chi connectivity index (χ2n) is 16.7. The van der Waals surface area contributed by atoms with Crippen LogP contribution in [0.15, 0.2) is 72.4 Å². The number of phenols is 1. The lowest BCUT2D eigenvalue weighted by atomic mass is 9.84. The van der Waals surface area contributed by atoms with Crippen LogP contribution in [0, 0.1) is 17.8 Å². The van der Waals surface area contributed by atoms with Crippen LogP contribution in [0.2, 0.25) is 0 Å². The van der Waals surface area contributed by atoms with Crippen LogP contribution < -0.4 is 16.1 Å². The van der Waals surface area contributed by atoms with Crippen molar-refractivity contribution in [2.75, 3.05) is 18.8 Å². The molecule has 62 heavy (non-hydrogen) atoms. The highest BCUT2D eigenvalue weighted by atomic mass is 32.2. The number of benzene rings is 1. The Kier molecular flexibility index (Phi) is 19.9. The number of amides is 4. The van der Waals surface area contributed by atoms with E-state index in [-0.39, 0.29) is 49.7 Å². The quantitative estimate of drug-likeness (QED) is 0.0900. The number of carbonyl (C=O) groups excluding carboxylic acids is 6. The summed E-state index contributed by atoms with van der Waals surface area (Å²) in [5.41, 5.74) is 4.21. The van der Waals surface area contributed by atoms with Crippen LogP contribution in [0.25, 0.3) is 0 Å². The molecule has 3 heterocycles. The van der Waals surface area contributed by atoms with Gasteiger partial charge in [0, 0.05) is 50.1 Å². The molecular weight excluding hydrogens is 815 g/mol. The Labute approximate surface area is 369 Å². The number of ether oxygens (including phenoxy) is 1. The van der Waals surface area contributed by atoms with Crippen molar-refractivity contribution in [3.63, 3.8) is 0 Å². The Balaban J connectivity index is 1.70. The van der Waals surface area contributed by atoms with Gasteiger partial charge in [0.15, 0.2) is 0 Å². The highest BCUT2D eigenvalue weighted by Crippen LogP contribution is 2.25. The molecule has 0 saturated carbocycles. The summed E-state index contributed by atoms with van der Waals surface area (Å²) >= 11 is 1.52. The van der Waals surface area contributed by atoms with Crippen LogP contribution >= 0.6 is 11.9 Å². The number of ketones is 1. The zero-order valence-electron chi connectivity index (χ0n) is 36.5. The maximum Gasteiger partial charge on any atom is 0.325 e. The third-order valence-corrected chi connectivity index (χ3v) is 12.5.